The van der Waals surface area contributed by atoms with Crippen LogP contribution in [0.3, 0.4) is 0 Å². The quantitative estimate of drug-likeness (QED) is 0.823. The first-order valence-corrected chi connectivity index (χ1v) is 6.30. The summed E-state index contributed by atoms with van der Waals surface area (Å²) in [7, 11) is 1.53. The third kappa shape index (κ3) is 3.17. The van der Waals surface area contributed by atoms with Crippen LogP contribution in [0.2, 0.25) is 5.15 Å². The zero-order chi connectivity index (χ0) is 13.0. The third-order valence-corrected chi connectivity index (χ3v) is 3.43. The minimum atomic E-state index is 0.0465. The fraction of sp³-hybridized carbons (Fsp3) is 0.583. The summed E-state index contributed by atoms with van der Waals surface area (Å²) in [6.45, 7) is 1.68. The summed E-state index contributed by atoms with van der Waals surface area (Å²) in [6, 6.07) is 0. The molecule has 0 aromatic carbocycles. The number of halogens is 1. The fourth-order valence-electron chi connectivity index (χ4n) is 2.20. The molecule has 1 aromatic rings. The van der Waals surface area contributed by atoms with Crippen LogP contribution in [0, 0.1) is 5.92 Å². The number of methoxy groups -OCH3 is 1. The molecule has 1 amide bonds. The lowest BCUT2D eigenvalue weighted by atomic mass is 10.0. The standard InChI is InChI=1S/C12H16ClN3O2/c1-18-8-11(17)16-5-2-9(7-16)6-10-12(13)15-4-3-14-10/h3-4,9H,2,5-8H2,1H3. The molecule has 18 heavy (non-hydrogen) atoms. The van der Waals surface area contributed by atoms with Crippen LogP contribution in [0.5, 0.6) is 0 Å². The molecule has 1 atom stereocenters. The van der Waals surface area contributed by atoms with Crippen molar-refractivity contribution in [3.8, 4) is 0 Å². The van der Waals surface area contributed by atoms with E-state index in [1.807, 2.05) is 4.90 Å². The number of carbonyl (C=O) groups excluding carboxylic acids is 1. The Labute approximate surface area is 111 Å². The van der Waals surface area contributed by atoms with Gasteiger partial charge < -0.3 is 9.64 Å². The van der Waals surface area contributed by atoms with Gasteiger partial charge in [-0.2, -0.15) is 0 Å². The second-order valence-electron chi connectivity index (χ2n) is 4.43. The molecule has 0 aliphatic carbocycles. The van der Waals surface area contributed by atoms with E-state index in [2.05, 4.69) is 9.97 Å². The highest BCUT2D eigenvalue weighted by Crippen LogP contribution is 2.22. The molecule has 98 valence electrons. The normalized spacial score (nSPS) is 19.2. The molecule has 6 heteroatoms. The Morgan fingerprint density at radius 2 is 2.33 bits per heavy atom. The van der Waals surface area contributed by atoms with Gasteiger partial charge in [0.15, 0.2) is 0 Å². The van der Waals surface area contributed by atoms with Gasteiger partial charge in [0.1, 0.15) is 11.8 Å². The summed E-state index contributed by atoms with van der Waals surface area (Å²) in [6.07, 6.45) is 4.96. The van der Waals surface area contributed by atoms with Crippen molar-refractivity contribution < 1.29 is 9.53 Å². The SMILES string of the molecule is COCC(=O)N1CCC(Cc2nccnc2Cl)C1. The highest BCUT2D eigenvalue weighted by atomic mass is 35.5. The van der Waals surface area contributed by atoms with Crippen molar-refractivity contribution in [3.63, 3.8) is 0 Å². The van der Waals surface area contributed by atoms with Gasteiger partial charge >= 0.3 is 0 Å². The summed E-state index contributed by atoms with van der Waals surface area (Å²) in [4.78, 5) is 21.7. The predicted molar refractivity (Wildman–Crippen MR) is 67.3 cm³/mol. The van der Waals surface area contributed by atoms with E-state index in [1.165, 1.54) is 7.11 Å². The van der Waals surface area contributed by atoms with Crippen molar-refractivity contribution in [1.82, 2.24) is 14.9 Å². The Morgan fingerprint density at radius 3 is 3.06 bits per heavy atom. The number of nitrogens with zero attached hydrogens (tertiary/aromatic N) is 3. The van der Waals surface area contributed by atoms with Crippen LogP contribution in [0.4, 0.5) is 0 Å². The topological polar surface area (TPSA) is 55.3 Å². The Kier molecular flexibility index (Phi) is 4.49. The second-order valence-corrected chi connectivity index (χ2v) is 4.78. The molecule has 0 bridgehead atoms. The first-order valence-electron chi connectivity index (χ1n) is 5.92. The minimum Gasteiger partial charge on any atom is -0.375 e. The summed E-state index contributed by atoms with van der Waals surface area (Å²) < 4.78 is 4.85. The zero-order valence-electron chi connectivity index (χ0n) is 10.3. The van der Waals surface area contributed by atoms with Gasteiger partial charge in [0.2, 0.25) is 5.91 Å². The molecule has 1 saturated heterocycles. The number of ether oxygens (including phenoxy) is 1. The summed E-state index contributed by atoms with van der Waals surface area (Å²) in [5.41, 5.74) is 0.810. The van der Waals surface area contributed by atoms with Crippen LogP contribution in [0.15, 0.2) is 12.4 Å². The number of rotatable bonds is 4. The summed E-state index contributed by atoms with van der Waals surface area (Å²) in [5, 5.41) is 0.458. The van der Waals surface area contributed by atoms with Gasteiger partial charge in [-0.1, -0.05) is 11.6 Å². The molecule has 1 aliphatic rings. The zero-order valence-corrected chi connectivity index (χ0v) is 11.1. The van der Waals surface area contributed by atoms with E-state index in [0.717, 1.165) is 31.6 Å². The first-order chi connectivity index (χ1) is 8.70. The lowest BCUT2D eigenvalue weighted by molar-refractivity contribution is -0.134. The maximum atomic E-state index is 11.7. The fourth-order valence-corrected chi connectivity index (χ4v) is 2.38. The maximum Gasteiger partial charge on any atom is 0.248 e. The van der Waals surface area contributed by atoms with Crippen LogP contribution in [-0.2, 0) is 16.0 Å². The smallest absolute Gasteiger partial charge is 0.248 e. The molecule has 1 aromatic heterocycles. The van der Waals surface area contributed by atoms with E-state index < -0.39 is 0 Å². The molecule has 0 spiro atoms. The number of hydrogen-bond donors (Lipinski definition) is 0. The van der Waals surface area contributed by atoms with E-state index in [4.69, 9.17) is 16.3 Å². The van der Waals surface area contributed by atoms with E-state index >= 15 is 0 Å². The van der Waals surface area contributed by atoms with Gasteiger partial charge in [0.25, 0.3) is 0 Å². The molecule has 5 nitrogen and oxygen atoms in total. The van der Waals surface area contributed by atoms with Crippen LogP contribution in [0.1, 0.15) is 12.1 Å². The number of carbonyl (C=O) groups is 1. The highest BCUT2D eigenvalue weighted by molar-refractivity contribution is 6.29. The van der Waals surface area contributed by atoms with Gasteiger partial charge in [0.05, 0.1) is 5.69 Å². The average molecular weight is 270 g/mol. The maximum absolute atomic E-state index is 11.7. The number of likely N-dealkylation sites (tertiary alicyclic amines) is 1. The lowest BCUT2D eigenvalue weighted by Crippen LogP contribution is -2.31. The number of hydrogen-bond acceptors (Lipinski definition) is 4. The van der Waals surface area contributed by atoms with E-state index in [9.17, 15) is 4.79 Å². The van der Waals surface area contributed by atoms with Crippen molar-refractivity contribution in [2.24, 2.45) is 5.92 Å². The second kappa shape index (κ2) is 6.11. The summed E-state index contributed by atoms with van der Waals surface area (Å²) >= 11 is 5.98. The Bertz CT molecular complexity index is 428. The van der Waals surface area contributed by atoms with Crippen molar-refractivity contribution in [2.75, 3.05) is 26.8 Å². The number of aromatic nitrogens is 2. The number of amides is 1. The summed E-state index contributed by atoms with van der Waals surface area (Å²) in [5.74, 6) is 0.449. The van der Waals surface area contributed by atoms with Crippen molar-refractivity contribution in [2.45, 2.75) is 12.8 Å². The lowest BCUT2D eigenvalue weighted by Gasteiger charge is -2.15. The predicted octanol–water partition coefficient (Wildman–Crippen LogP) is 1.17. The Balaban J connectivity index is 1.90. The third-order valence-electron chi connectivity index (χ3n) is 3.11. The molecule has 0 saturated carbocycles. The van der Waals surface area contributed by atoms with E-state index in [1.54, 1.807) is 12.4 Å². The van der Waals surface area contributed by atoms with Crippen molar-refractivity contribution in [3.05, 3.63) is 23.2 Å². The van der Waals surface area contributed by atoms with E-state index in [-0.39, 0.29) is 12.5 Å². The van der Waals surface area contributed by atoms with Crippen LogP contribution < -0.4 is 0 Å². The van der Waals surface area contributed by atoms with Gasteiger partial charge in [0, 0.05) is 32.6 Å². The monoisotopic (exact) mass is 269 g/mol. The van der Waals surface area contributed by atoms with Crippen LogP contribution >= 0.6 is 11.6 Å². The van der Waals surface area contributed by atoms with Crippen molar-refractivity contribution in [1.29, 1.82) is 0 Å². The van der Waals surface area contributed by atoms with E-state index in [0.29, 0.717) is 11.1 Å². The average Bonchev–Trinajstić information content (AvgIpc) is 2.81. The van der Waals surface area contributed by atoms with Crippen molar-refractivity contribution >= 4 is 17.5 Å². The largest absolute Gasteiger partial charge is 0.375 e. The highest BCUT2D eigenvalue weighted by Gasteiger charge is 2.26. The van der Waals surface area contributed by atoms with Gasteiger partial charge in [-0.15, -0.1) is 0 Å². The van der Waals surface area contributed by atoms with Crippen LogP contribution in [-0.4, -0.2) is 47.6 Å². The molecule has 0 N–H and O–H groups in total. The Hall–Kier alpha value is -1.20. The molecule has 0 radical (unpaired) electrons. The minimum absolute atomic E-state index is 0.0465. The molecule has 1 fully saturated rings. The molecular formula is C12H16ClN3O2. The van der Waals surface area contributed by atoms with Crippen LogP contribution in [0.25, 0.3) is 0 Å². The first kappa shape index (κ1) is 13.2. The molecule has 2 rings (SSSR count). The van der Waals surface area contributed by atoms with Gasteiger partial charge in [-0.25, -0.2) is 4.98 Å². The molecule has 2 heterocycles. The van der Waals surface area contributed by atoms with Gasteiger partial charge in [-0.3, -0.25) is 9.78 Å². The Morgan fingerprint density at radius 1 is 1.56 bits per heavy atom. The molecule has 1 unspecified atom stereocenters. The molecular weight excluding hydrogens is 254 g/mol. The molecule has 1 aliphatic heterocycles. The van der Waals surface area contributed by atoms with Gasteiger partial charge in [-0.05, 0) is 18.8 Å².